The Balaban J connectivity index is 1.88. The standard InChI is InChI=1S/C8H16N2OS/c1-12-5-4-9-8(11)6-10-7-2-3-7/h7,10H,2-6H2,1H3,(H,9,11). The number of nitrogens with one attached hydrogen (secondary N) is 2. The van der Waals surface area contributed by atoms with Gasteiger partial charge < -0.3 is 10.6 Å². The molecular weight excluding hydrogens is 172 g/mol. The van der Waals surface area contributed by atoms with Crippen LogP contribution in [-0.4, -0.2) is 37.0 Å². The molecule has 12 heavy (non-hydrogen) atoms. The van der Waals surface area contributed by atoms with Crippen molar-refractivity contribution in [2.45, 2.75) is 18.9 Å². The molecule has 0 aromatic heterocycles. The van der Waals surface area contributed by atoms with Gasteiger partial charge in [-0.3, -0.25) is 4.79 Å². The molecule has 1 fully saturated rings. The molecule has 0 spiro atoms. The average Bonchev–Trinajstić information content (AvgIpc) is 2.84. The summed E-state index contributed by atoms with van der Waals surface area (Å²) < 4.78 is 0. The minimum Gasteiger partial charge on any atom is -0.354 e. The van der Waals surface area contributed by atoms with E-state index in [9.17, 15) is 4.79 Å². The molecule has 1 rings (SSSR count). The summed E-state index contributed by atoms with van der Waals surface area (Å²) in [6, 6.07) is 0.622. The van der Waals surface area contributed by atoms with Crippen molar-refractivity contribution < 1.29 is 4.79 Å². The number of rotatable bonds is 6. The molecule has 0 aromatic rings. The lowest BCUT2D eigenvalue weighted by Gasteiger charge is -2.04. The van der Waals surface area contributed by atoms with Crippen molar-refractivity contribution >= 4 is 17.7 Å². The molecule has 3 nitrogen and oxygen atoms in total. The van der Waals surface area contributed by atoms with E-state index in [-0.39, 0.29) is 5.91 Å². The third kappa shape index (κ3) is 4.62. The van der Waals surface area contributed by atoms with Crippen molar-refractivity contribution in [2.24, 2.45) is 0 Å². The highest BCUT2D eigenvalue weighted by molar-refractivity contribution is 7.98. The van der Waals surface area contributed by atoms with Gasteiger partial charge in [-0.2, -0.15) is 11.8 Å². The molecule has 1 aliphatic carbocycles. The smallest absolute Gasteiger partial charge is 0.233 e. The van der Waals surface area contributed by atoms with Gasteiger partial charge in [0.05, 0.1) is 6.54 Å². The van der Waals surface area contributed by atoms with E-state index >= 15 is 0 Å². The van der Waals surface area contributed by atoms with Crippen LogP contribution in [0.5, 0.6) is 0 Å². The summed E-state index contributed by atoms with van der Waals surface area (Å²) in [5, 5.41) is 6.01. The van der Waals surface area contributed by atoms with Gasteiger partial charge >= 0.3 is 0 Å². The van der Waals surface area contributed by atoms with Crippen molar-refractivity contribution in [3.63, 3.8) is 0 Å². The van der Waals surface area contributed by atoms with Crippen LogP contribution in [0.4, 0.5) is 0 Å². The van der Waals surface area contributed by atoms with Gasteiger partial charge in [0.1, 0.15) is 0 Å². The van der Waals surface area contributed by atoms with E-state index in [1.165, 1.54) is 12.8 Å². The first-order valence-electron chi connectivity index (χ1n) is 4.32. The Morgan fingerprint density at radius 2 is 2.33 bits per heavy atom. The average molecular weight is 188 g/mol. The first-order valence-corrected chi connectivity index (χ1v) is 5.71. The van der Waals surface area contributed by atoms with Gasteiger partial charge in [0.25, 0.3) is 0 Å². The maximum Gasteiger partial charge on any atom is 0.233 e. The molecule has 0 bridgehead atoms. The zero-order chi connectivity index (χ0) is 8.81. The van der Waals surface area contributed by atoms with Crippen LogP contribution in [0.15, 0.2) is 0 Å². The lowest BCUT2D eigenvalue weighted by Crippen LogP contribution is -2.35. The Morgan fingerprint density at radius 3 is 2.92 bits per heavy atom. The topological polar surface area (TPSA) is 41.1 Å². The van der Waals surface area contributed by atoms with Crippen molar-refractivity contribution in [3.05, 3.63) is 0 Å². The Kier molecular flexibility index (Phi) is 4.46. The Morgan fingerprint density at radius 1 is 1.58 bits per heavy atom. The van der Waals surface area contributed by atoms with Crippen LogP contribution in [0.1, 0.15) is 12.8 Å². The first-order chi connectivity index (χ1) is 5.83. The number of thioether (sulfide) groups is 1. The zero-order valence-electron chi connectivity index (χ0n) is 7.43. The van der Waals surface area contributed by atoms with E-state index in [2.05, 4.69) is 10.6 Å². The molecule has 0 heterocycles. The minimum absolute atomic E-state index is 0.121. The van der Waals surface area contributed by atoms with Crippen LogP contribution in [0.3, 0.4) is 0 Å². The van der Waals surface area contributed by atoms with Crippen molar-refractivity contribution in [2.75, 3.05) is 25.1 Å². The van der Waals surface area contributed by atoms with Crippen LogP contribution in [0.25, 0.3) is 0 Å². The summed E-state index contributed by atoms with van der Waals surface area (Å²) >= 11 is 1.75. The fourth-order valence-electron chi connectivity index (χ4n) is 0.880. The molecule has 0 atom stereocenters. The molecule has 0 saturated heterocycles. The van der Waals surface area contributed by atoms with Crippen LogP contribution in [-0.2, 0) is 4.79 Å². The molecule has 0 aliphatic heterocycles. The van der Waals surface area contributed by atoms with E-state index in [1.54, 1.807) is 11.8 Å². The Labute approximate surface area is 77.7 Å². The number of carbonyl (C=O) groups is 1. The summed E-state index contributed by atoms with van der Waals surface area (Å²) in [6.45, 7) is 1.27. The van der Waals surface area contributed by atoms with Gasteiger partial charge in [-0.25, -0.2) is 0 Å². The number of hydrogen-bond acceptors (Lipinski definition) is 3. The molecular formula is C8H16N2OS. The predicted molar refractivity (Wildman–Crippen MR) is 52.4 cm³/mol. The Hall–Kier alpha value is -0.220. The lowest BCUT2D eigenvalue weighted by atomic mass is 10.5. The van der Waals surface area contributed by atoms with Gasteiger partial charge in [-0.1, -0.05) is 0 Å². The third-order valence-corrected chi connectivity index (χ3v) is 2.37. The van der Waals surface area contributed by atoms with Crippen LogP contribution in [0, 0.1) is 0 Å². The van der Waals surface area contributed by atoms with Gasteiger partial charge in [0.2, 0.25) is 5.91 Å². The highest BCUT2D eigenvalue weighted by Gasteiger charge is 2.20. The summed E-state index contributed by atoms with van der Waals surface area (Å²) in [6.07, 6.45) is 4.50. The van der Waals surface area contributed by atoms with Crippen molar-refractivity contribution in [3.8, 4) is 0 Å². The second-order valence-corrected chi connectivity index (χ2v) is 3.98. The zero-order valence-corrected chi connectivity index (χ0v) is 8.25. The fraction of sp³-hybridized carbons (Fsp3) is 0.875. The van der Waals surface area contributed by atoms with E-state index < -0.39 is 0 Å². The van der Waals surface area contributed by atoms with Gasteiger partial charge in [-0.05, 0) is 19.1 Å². The highest BCUT2D eigenvalue weighted by atomic mass is 32.2. The molecule has 70 valence electrons. The minimum atomic E-state index is 0.121. The van der Waals surface area contributed by atoms with E-state index in [1.807, 2.05) is 6.26 Å². The lowest BCUT2D eigenvalue weighted by molar-refractivity contribution is -0.120. The maximum atomic E-state index is 11.1. The van der Waals surface area contributed by atoms with Gasteiger partial charge in [-0.15, -0.1) is 0 Å². The highest BCUT2D eigenvalue weighted by Crippen LogP contribution is 2.17. The van der Waals surface area contributed by atoms with E-state index in [4.69, 9.17) is 0 Å². The van der Waals surface area contributed by atoms with Crippen LogP contribution < -0.4 is 10.6 Å². The fourth-order valence-corrected chi connectivity index (χ4v) is 1.19. The predicted octanol–water partition coefficient (Wildman–Crippen LogP) is 0.218. The first kappa shape index (κ1) is 9.86. The molecule has 0 aromatic carbocycles. The monoisotopic (exact) mass is 188 g/mol. The largest absolute Gasteiger partial charge is 0.354 e. The Bertz CT molecular complexity index is 148. The van der Waals surface area contributed by atoms with Gasteiger partial charge in [0, 0.05) is 18.3 Å². The normalized spacial score (nSPS) is 16.1. The number of carbonyl (C=O) groups excluding carboxylic acids is 1. The molecule has 1 aliphatic rings. The quantitative estimate of drug-likeness (QED) is 0.586. The maximum absolute atomic E-state index is 11.1. The third-order valence-electron chi connectivity index (χ3n) is 1.76. The van der Waals surface area contributed by atoms with E-state index in [0.29, 0.717) is 12.6 Å². The molecule has 0 radical (unpaired) electrons. The van der Waals surface area contributed by atoms with Gasteiger partial charge in [0.15, 0.2) is 0 Å². The molecule has 2 N–H and O–H groups in total. The van der Waals surface area contributed by atoms with E-state index in [0.717, 1.165) is 12.3 Å². The summed E-state index contributed by atoms with van der Waals surface area (Å²) in [7, 11) is 0. The number of amides is 1. The molecule has 0 unspecified atom stereocenters. The molecule has 4 heteroatoms. The summed E-state index contributed by atoms with van der Waals surface area (Å²) in [5.74, 6) is 1.12. The van der Waals surface area contributed by atoms with Crippen LogP contribution >= 0.6 is 11.8 Å². The summed E-state index contributed by atoms with van der Waals surface area (Å²) in [4.78, 5) is 11.1. The van der Waals surface area contributed by atoms with Crippen molar-refractivity contribution in [1.82, 2.24) is 10.6 Å². The molecule has 1 saturated carbocycles. The van der Waals surface area contributed by atoms with Crippen molar-refractivity contribution in [1.29, 1.82) is 0 Å². The molecule has 1 amide bonds. The second kappa shape index (κ2) is 5.43. The SMILES string of the molecule is CSCCNC(=O)CNC1CC1. The van der Waals surface area contributed by atoms with Crippen LogP contribution in [0.2, 0.25) is 0 Å². The number of hydrogen-bond donors (Lipinski definition) is 2. The second-order valence-electron chi connectivity index (χ2n) is 3.00. The summed E-state index contributed by atoms with van der Waals surface area (Å²) in [5.41, 5.74) is 0.